The van der Waals surface area contributed by atoms with E-state index < -0.39 is 0 Å². The molecular weight excluding hydrogens is 172 g/mol. The first-order valence-corrected chi connectivity index (χ1v) is 6.17. The van der Waals surface area contributed by atoms with Crippen molar-refractivity contribution >= 4 is 0 Å². The maximum Gasteiger partial charge on any atom is 0.0246 e. The lowest BCUT2D eigenvalue weighted by Crippen LogP contribution is -2.44. The topological polar surface area (TPSA) is 29.3 Å². The third-order valence-corrected chi connectivity index (χ3v) is 3.53. The Morgan fingerprint density at radius 3 is 2.36 bits per heavy atom. The molecule has 1 rings (SSSR count). The van der Waals surface area contributed by atoms with Gasteiger partial charge in [-0.05, 0) is 31.2 Å². The Labute approximate surface area is 88.8 Å². The third kappa shape index (κ3) is 3.25. The van der Waals surface area contributed by atoms with Gasteiger partial charge in [-0.2, -0.15) is 0 Å². The Bertz CT molecular complexity index is 154. The minimum absolute atomic E-state index is 0.661. The zero-order valence-electron chi connectivity index (χ0n) is 10.00. The second-order valence-corrected chi connectivity index (χ2v) is 4.74. The van der Waals surface area contributed by atoms with E-state index in [4.69, 9.17) is 5.73 Å². The van der Waals surface area contributed by atoms with Gasteiger partial charge in [0.25, 0.3) is 0 Å². The van der Waals surface area contributed by atoms with Crippen molar-refractivity contribution in [1.29, 1.82) is 0 Å². The number of hydrogen-bond donors (Lipinski definition) is 1. The molecule has 0 heterocycles. The number of nitrogens with two attached hydrogens (primary N) is 1. The third-order valence-electron chi connectivity index (χ3n) is 3.53. The number of hydrogen-bond acceptors (Lipinski definition) is 2. The molecule has 0 aromatic rings. The van der Waals surface area contributed by atoms with E-state index >= 15 is 0 Å². The summed E-state index contributed by atoms with van der Waals surface area (Å²) in [6.45, 7) is 10.1. The monoisotopic (exact) mass is 198 g/mol. The van der Waals surface area contributed by atoms with Gasteiger partial charge in [0.2, 0.25) is 0 Å². The number of nitrogens with zero attached hydrogens (tertiary/aromatic N) is 1. The first-order chi connectivity index (χ1) is 6.72. The van der Waals surface area contributed by atoms with Crippen LogP contribution in [0.15, 0.2) is 0 Å². The Kier molecular flexibility index (Phi) is 4.90. The summed E-state index contributed by atoms with van der Waals surface area (Å²) in [5.74, 6) is 1.71. The SMILES string of the molecule is CCC(C)CN(CC)C(CN)C1CC1. The standard InChI is InChI=1S/C12H26N2/c1-4-10(3)9-14(5-2)12(8-13)11-6-7-11/h10-12H,4-9,13H2,1-3H3. The lowest BCUT2D eigenvalue weighted by molar-refractivity contribution is 0.164. The van der Waals surface area contributed by atoms with Crippen LogP contribution in [-0.2, 0) is 0 Å². The van der Waals surface area contributed by atoms with E-state index in [0.29, 0.717) is 6.04 Å². The molecule has 0 saturated heterocycles. The van der Waals surface area contributed by atoms with Crippen molar-refractivity contribution in [3.8, 4) is 0 Å². The highest BCUT2D eigenvalue weighted by Crippen LogP contribution is 2.35. The molecule has 2 heteroatoms. The molecule has 2 atom stereocenters. The summed E-state index contributed by atoms with van der Waals surface area (Å²) in [5.41, 5.74) is 5.87. The average Bonchev–Trinajstić information content (AvgIpc) is 3.01. The molecule has 1 aliphatic carbocycles. The van der Waals surface area contributed by atoms with Crippen molar-refractivity contribution < 1.29 is 0 Å². The van der Waals surface area contributed by atoms with Gasteiger partial charge in [-0.3, -0.25) is 4.90 Å². The maximum absolute atomic E-state index is 5.87. The molecule has 0 aromatic carbocycles. The van der Waals surface area contributed by atoms with Gasteiger partial charge in [-0.25, -0.2) is 0 Å². The van der Waals surface area contributed by atoms with Crippen LogP contribution in [0.1, 0.15) is 40.0 Å². The number of rotatable bonds is 7. The lowest BCUT2D eigenvalue weighted by atomic mass is 10.1. The van der Waals surface area contributed by atoms with Gasteiger partial charge in [0.15, 0.2) is 0 Å². The van der Waals surface area contributed by atoms with Crippen LogP contribution >= 0.6 is 0 Å². The molecule has 0 amide bonds. The molecule has 2 nitrogen and oxygen atoms in total. The van der Waals surface area contributed by atoms with Crippen LogP contribution < -0.4 is 5.73 Å². The number of likely N-dealkylation sites (N-methyl/N-ethyl adjacent to an activating group) is 1. The first-order valence-electron chi connectivity index (χ1n) is 6.17. The maximum atomic E-state index is 5.87. The van der Waals surface area contributed by atoms with Crippen LogP contribution in [0, 0.1) is 11.8 Å². The van der Waals surface area contributed by atoms with Crippen LogP contribution in [0.25, 0.3) is 0 Å². The van der Waals surface area contributed by atoms with Crippen LogP contribution in [0.2, 0.25) is 0 Å². The molecule has 0 bridgehead atoms. The van der Waals surface area contributed by atoms with Crippen molar-refractivity contribution in [3.05, 3.63) is 0 Å². The Hall–Kier alpha value is -0.0800. The predicted molar refractivity (Wildman–Crippen MR) is 62.3 cm³/mol. The normalized spacial score (nSPS) is 21.2. The molecule has 0 spiro atoms. The van der Waals surface area contributed by atoms with Crippen molar-refractivity contribution in [3.63, 3.8) is 0 Å². The molecule has 0 radical (unpaired) electrons. The molecule has 2 unspecified atom stereocenters. The molecule has 2 N–H and O–H groups in total. The van der Waals surface area contributed by atoms with Gasteiger partial charge in [-0.1, -0.05) is 27.2 Å². The molecule has 1 saturated carbocycles. The quantitative estimate of drug-likeness (QED) is 0.679. The van der Waals surface area contributed by atoms with E-state index in [1.54, 1.807) is 0 Å². The zero-order valence-corrected chi connectivity index (χ0v) is 10.00. The largest absolute Gasteiger partial charge is 0.329 e. The summed E-state index contributed by atoms with van der Waals surface area (Å²) in [5, 5.41) is 0. The van der Waals surface area contributed by atoms with Gasteiger partial charge < -0.3 is 5.73 Å². The van der Waals surface area contributed by atoms with Crippen LogP contribution in [0.5, 0.6) is 0 Å². The molecule has 1 aliphatic rings. The van der Waals surface area contributed by atoms with Gasteiger partial charge in [0.05, 0.1) is 0 Å². The van der Waals surface area contributed by atoms with E-state index in [1.165, 1.54) is 25.8 Å². The molecule has 0 aromatic heterocycles. The van der Waals surface area contributed by atoms with E-state index in [0.717, 1.165) is 24.9 Å². The fourth-order valence-corrected chi connectivity index (χ4v) is 2.15. The Balaban J connectivity index is 2.41. The van der Waals surface area contributed by atoms with Crippen molar-refractivity contribution in [2.45, 2.75) is 46.1 Å². The Morgan fingerprint density at radius 1 is 1.36 bits per heavy atom. The summed E-state index contributed by atoms with van der Waals surface area (Å²) >= 11 is 0. The molecule has 0 aliphatic heterocycles. The predicted octanol–water partition coefficient (Wildman–Crippen LogP) is 2.09. The molecule has 1 fully saturated rings. The summed E-state index contributed by atoms with van der Waals surface area (Å²) < 4.78 is 0. The lowest BCUT2D eigenvalue weighted by Gasteiger charge is -2.32. The van der Waals surface area contributed by atoms with Crippen molar-refractivity contribution in [2.24, 2.45) is 17.6 Å². The van der Waals surface area contributed by atoms with Gasteiger partial charge in [0, 0.05) is 19.1 Å². The first kappa shape index (κ1) is 12.0. The fraction of sp³-hybridized carbons (Fsp3) is 1.00. The van der Waals surface area contributed by atoms with Gasteiger partial charge >= 0.3 is 0 Å². The van der Waals surface area contributed by atoms with Gasteiger partial charge in [-0.15, -0.1) is 0 Å². The van der Waals surface area contributed by atoms with E-state index in [1.807, 2.05) is 0 Å². The van der Waals surface area contributed by atoms with E-state index in [9.17, 15) is 0 Å². The highest BCUT2D eigenvalue weighted by molar-refractivity contribution is 4.88. The second kappa shape index (κ2) is 5.72. The van der Waals surface area contributed by atoms with Crippen molar-refractivity contribution in [1.82, 2.24) is 4.90 Å². The zero-order chi connectivity index (χ0) is 10.6. The summed E-state index contributed by atoms with van der Waals surface area (Å²) in [4.78, 5) is 2.59. The van der Waals surface area contributed by atoms with Crippen LogP contribution in [0.4, 0.5) is 0 Å². The van der Waals surface area contributed by atoms with Crippen LogP contribution in [-0.4, -0.2) is 30.6 Å². The summed E-state index contributed by atoms with van der Waals surface area (Å²) in [7, 11) is 0. The highest BCUT2D eigenvalue weighted by atomic mass is 15.2. The van der Waals surface area contributed by atoms with E-state index in [-0.39, 0.29) is 0 Å². The van der Waals surface area contributed by atoms with E-state index in [2.05, 4.69) is 25.7 Å². The van der Waals surface area contributed by atoms with Crippen molar-refractivity contribution in [2.75, 3.05) is 19.6 Å². The molecule has 14 heavy (non-hydrogen) atoms. The minimum Gasteiger partial charge on any atom is -0.329 e. The fourth-order valence-electron chi connectivity index (χ4n) is 2.15. The summed E-state index contributed by atoms with van der Waals surface area (Å²) in [6.07, 6.45) is 4.08. The van der Waals surface area contributed by atoms with Crippen LogP contribution in [0.3, 0.4) is 0 Å². The minimum atomic E-state index is 0.661. The smallest absolute Gasteiger partial charge is 0.0246 e. The summed E-state index contributed by atoms with van der Waals surface area (Å²) in [6, 6.07) is 0.661. The molecular formula is C12H26N2. The Morgan fingerprint density at radius 2 is 2.00 bits per heavy atom. The second-order valence-electron chi connectivity index (χ2n) is 4.74. The average molecular weight is 198 g/mol. The molecule has 84 valence electrons. The van der Waals surface area contributed by atoms with Gasteiger partial charge in [0.1, 0.15) is 0 Å². The highest BCUT2D eigenvalue weighted by Gasteiger charge is 2.33.